The van der Waals surface area contributed by atoms with Gasteiger partial charge in [-0.05, 0) is 54.2 Å². The van der Waals surface area contributed by atoms with Gasteiger partial charge in [-0.3, -0.25) is 4.79 Å². The van der Waals surface area contributed by atoms with Gasteiger partial charge in [-0.2, -0.15) is 13.2 Å². The average molecular weight is 538 g/mol. The summed E-state index contributed by atoms with van der Waals surface area (Å²) in [5, 5.41) is 13.6. The zero-order valence-electron chi connectivity index (χ0n) is 22.3. The summed E-state index contributed by atoms with van der Waals surface area (Å²) in [6, 6.07) is 9.93. The fourth-order valence-electron chi connectivity index (χ4n) is 4.09. The minimum absolute atomic E-state index is 0.0944. The van der Waals surface area contributed by atoms with Crippen molar-refractivity contribution in [3.63, 3.8) is 0 Å². The summed E-state index contributed by atoms with van der Waals surface area (Å²) >= 11 is 0. The molecule has 37 heavy (non-hydrogen) atoms. The number of rotatable bonds is 8. The number of methoxy groups -OCH3 is 1. The molecule has 2 atom stereocenters. The van der Waals surface area contributed by atoms with Crippen LogP contribution in [0.5, 0.6) is 5.75 Å². The number of benzene rings is 2. The van der Waals surface area contributed by atoms with Crippen LogP contribution in [0, 0.1) is 17.3 Å². The van der Waals surface area contributed by atoms with E-state index >= 15 is 0 Å². The van der Waals surface area contributed by atoms with Crippen LogP contribution in [0.3, 0.4) is 0 Å². The van der Waals surface area contributed by atoms with E-state index in [1.807, 2.05) is 19.6 Å². The van der Waals surface area contributed by atoms with Gasteiger partial charge in [0.15, 0.2) is 5.60 Å². The Balaban J connectivity index is 2.40. The number of alkyl halides is 3. The van der Waals surface area contributed by atoms with Crippen LogP contribution in [-0.4, -0.2) is 38.0 Å². The van der Waals surface area contributed by atoms with Crippen LogP contribution in [0.25, 0.3) is 0 Å². The number of hydrogen-bond acceptors (Lipinski definition) is 3. The molecule has 0 aromatic heterocycles. The van der Waals surface area contributed by atoms with Gasteiger partial charge in [0.1, 0.15) is 19.6 Å². The highest BCUT2D eigenvalue weighted by molar-refractivity contribution is 6.83. The van der Waals surface area contributed by atoms with Gasteiger partial charge >= 0.3 is 6.18 Å². The second kappa shape index (κ2) is 11.3. The molecule has 2 N–H and O–H groups in total. The molecule has 0 saturated carbocycles. The van der Waals surface area contributed by atoms with E-state index in [9.17, 15) is 27.5 Å². The van der Waals surface area contributed by atoms with Crippen molar-refractivity contribution < 1.29 is 32.2 Å². The predicted molar refractivity (Wildman–Crippen MR) is 140 cm³/mol. The van der Waals surface area contributed by atoms with Gasteiger partial charge in [0.05, 0.1) is 13.2 Å². The number of ether oxygens (including phenoxy) is 1. The van der Waals surface area contributed by atoms with Gasteiger partial charge in [-0.1, -0.05) is 51.7 Å². The highest BCUT2D eigenvalue weighted by Crippen LogP contribution is 2.43. The van der Waals surface area contributed by atoms with Crippen molar-refractivity contribution in [3.8, 4) is 17.2 Å². The van der Waals surface area contributed by atoms with Crippen molar-refractivity contribution in [3.05, 3.63) is 65.0 Å². The molecule has 4 nitrogen and oxygen atoms in total. The molecular formula is C28H35F4NO3Si. The number of amides is 1. The lowest BCUT2D eigenvalue weighted by Gasteiger charge is -2.37. The summed E-state index contributed by atoms with van der Waals surface area (Å²) in [5.41, 5.74) is -0.740. The lowest BCUT2D eigenvalue weighted by molar-refractivity contribution is -0.264. The van der Waals surface area contributed by atoms with E-state index in [0.717, 1.165) is 17.7 Å². The first-order chi connectivity index (χ1) is 16.9. The largest absolute Gasteiger partial charge is 0.497 e. The van der Waals surface area contributed by atoms with E-state index in [-0.39, 0.29) is 11.1 Å². The molecule has 0 saturated heterocycles. The van der Waals surface area contributed by atoms with Gasteiger partial charge < -0.3 is 15.2 Å². The average Bonchev–Trinajstić information content (AvgIpc) is 2.76. The van der Waals surface area contributed by atoms with Crippen molar-refractivity contribution in [1.82, 2.24) is 5.32 Å². The molecule has 0 radical (unpaired) electrons. The van der Waals surface area contributed by atoms with E-state index < -0.39 is 55.9 Å². The zero-order valence-corrected chi connectivity index (χ0v) is 23.3. The number of carbonyl (C=O) groups excluding carboxylic acids is 1. The third-order valence-electron chi connectivity index (χ3n) is 6.03. The van der Waals surface area contributed by atoms with E-state index in [1.165, 1.54) is 27.0 Å². The molecule has 0 heterocycles. The van der Waals surface area contributed by atoms with Crippen LogP contribution in [0.4, 0.5) is 17.6 Å². The highest BCUT2D eigenvalue weighted by Gasteiger charge is 2.55. The Morgan fingerprint density at radius 1 is 1.11 bits per heavy atom. The van der Waals surface area contributed by atoms with E-state index in [0.29, 0.717) is 5.75 Å². The summed E-state index contributed by atoms with van der Waals surface area (Å²) in [5.74, 6) is 1.84. The van der Waals surface area contributed by atoms with Crippen molar-refractivity contribution in [2.75, 3.05) is 7.11 Å². The monoisotopic (exact) mass is 537 g/mol. The fraction of sp³-hybridized carbons (Fsp3) is 0.464. The Kier molecular flexibility index (Phi) is 9.26. The first-order valence-corrected chi connectivity index (χ1v) is 15.4. The molecule has 2 unspecified atom stereocenters. The maximum Gasteiger partial charge on any atom is 0.418 e. The molecule has 1 amide bonds. The highest BCUT2D eigenvalue weighted by atomic mass is 28.3. The quantitative estimate of drug-likeness (QED) is 0.228. The van der Waals surface area contributed by atoms with Crippen LogP contribution >= 0.6 is 0 Å². The Morgan fingerprint density at radius 2 is 1.70 bits per heavy atom. The number of carbonyl (C=O) groups is 1. The standard InChI is InChI=1S/C28H35F4NO3Si/c1-19(20-9-12-22(36-4)13-10-20)33-25(34)23-17-21(29)11-14-24(23)26(2,3)18-27(35,28(30,31)32)15-8-16-37(5,6)7/h9-14,17,19,35H,15,18H2,1-7H3,(H,33,34). The first kappa shape index (κ1) is 30.4. The molecular weight excluding hydrogens is 502 g/mol. The van der Waals surface area contributed by atoms with Crippen LogP contribution in [-0.2, 0) is 5.41 Å². The number of nitrogens with one attached hydrogen (secondary N) is 1. The molecule has 0 bridgehead atoms. The molecule has 9 heteroatoms. The lowest BCUT2D eigenvalue weighted by atomic mass is 9.72. The van der Waals surface area contributed by atoms with Crippen LogP contribution in [0.1, 0.15) is 61.1 Å². The molecule has 0 fully saturated rings. The predicted octanol–water partition coefficient (Wildman–Crippen LogP) is 6.56. The maximum absolute atomic E-state index is 14.2. The summed E-state index contributed by atoms with van der Waals surface area (Å²) in [7, 11) is -0.425. The molecule has 0 aliphatic heterocycles. The van der Waals surface area contributed by atoms with Crippen molar-refractivity contribution >= 4 is 14.0 Å². The molecule has 2 aromatic rings. The Morgan fingerprint density at radius 3 is 2.22 bits per heavy atom. The molecule has 202 valence electrons. The Hall–Kier alpha value is -2.83. The van der Waals surface area contributed by atoms with Crippen LogP contribution in [0.2, 0.25) is 19.6 Å². The number of halogens is 4. The van der Waals surface area contributed by atoms with Crippen LogP contribution < -0.4 is 10.1 Å². The van der Waals surface area contributed by atoms with Crippen molar-refractivity contribution in [2.24, 2.45) is 0 Å². The maximum atomic E-state index is 14.2. The van der Waals surface area contributed by atoms with Gasteiger partial charge in [0.25, 0.3) is 5.91 Å². The summed E-state index contributed by atoms with van der Waals surface area (Å²) in [4.78, 5) is 13.2. The third kappa shape index (κ3) is 8.07. The molecule has 0 aliphatic rings. The van der Waals surface area contributed by atoms with E-state index in [4.69, 9.17) is 4.74 Å². The SMILES string of the molecule is COc1ccc(C(C)NC(=O)c2cc(F)ccc2C(C)(C)CC(O)(CC#C[Si](C)(C)C)C(F)(F)F)cc1. The normalized spacial score (nSPS) is 14.7. The molecule has 2 rings (SSSR count). The Bertz CT molecular complexity index is 1160. The summed E-state index contributed by atoms with van der Waals surface area (Å²) < 4.78 is 61.5. The molecule has 0 aliphatic carbocycles. The van der Waals surface area contributed by atoms with Crippen molar-refractivity contribution in [2.45, 2.75) is 76.5 Å². The Labute approximate surface area is 217 Å². The third-order valence-corrected chi connectivity index (χ3v) is 6.95. The molecule has 2 aromatic carbocycles. The fourth-order valence-corrected chi connectivity index (χ4v) is 4.71. The summed E-state index contributed by atoms with van der Waals surface area (Å²) in [6.07, 6.45) is -6.50. The second-order valence-corrected chi connectivity index (χ2v) is 15.7. The molecule has 0 spiro atoms. The zero-order chi connectivity index (χ0) is 28.2. The van der Waals surface area contributed by atoms with E-state index in [1.54, 1.807) is 31.2 Å². The second-order valence-electron chi connectivity index (χ2n) is 11.0. The topological polar surface area (TPSA) is 58.6 Å². The van der Waals surface area contributed by atoms with Gasteiger partial charge in [0.2, 0.25) is 0 Å². The minimum Gasteiger partial charge on any atom is -0.497 e. The van der Waals surface area contributed by atoms with Gasteiger partial charge in [0, 0.05) is 12.0 Å². The van der Waals surface area contributed by atoms with Crippen molar-refractivity contribution in [1.29, 1.82) is 0 Å². The number of aliphatic hydroxyl groups is 1. The first-order valence-electron chi connectivity index (χ1n) is 11.9. The summed E-state index contributed by atoms with van der Waals surface area (Å²) in [6.45, 7) is 10.4. The van der Waals surface area contributed by atoms with E-state index in [2.05, 4.69) is 16.8 Å². The smallest absolute Gasteiger partial charge is 0.418 e. The minimum atomic E-state index is -4.95. The van der Waals surface area contributed by atoms with Gasteiger partial charge in [-0.25, -0.2) is 4.39 Å². The number of hydrogen-bond donors (Lipinski definition) is 2. The van der Waals surface area contributed by atoms with Gasteiger partial charge in [-0.15, -0.1) is 11.5 Å². The lowest BCUT2D eigenvalue weighted by Crippen LogP contribution is -2.49. The van der Waals surface area contributed by atoms with Crippen LogP contribution in [0.15, 0.2) is 42.5 Å².